The molecular weight excluding hydrogens is 848 g/mol. The van der Waals surface area contributed by atoms with Gasteiger partial charge in [-0.25, -0.2) is 0 Å². The Morgan fingerprint density at radius 2 is 1.15 bits per heavy atom. The van der Waals surface area contributed by atoms with Crippen LogP contribution in [-0.4, -0.2) is 32.6 Å². The van der Waals surface area contributed by atoms with Crippen LogP contribution in [0.25, 0.3) is 11.1 Å². The maximum atomic E-state index is 6.80. The zero-order valence-corrected chi connectivity index (χ0v) is 38.6. The van der Waals surface area contributed by atoms with E-state index in [0.29, 0.717) is 6.67 Å². The smallest absolute Gasteiger partial charge is 0.0345 e. The summed E-state index contributed by atoms with van der Waals surface area (Å²) >= 11 is -0.604. The van der Waals surface area contributed by atoms with E-state index >= 15 is 0 Å². The number of rotatable bonds is 6. The summed E-state index contributed by atoms with van der Waals surface area (Å²) in [5.41, 5.74) is 13.3. The van der Waals surface area contributed by atoms with E-state index in [-0.39, 0.29) is 16.2 Å². The summed E-state index contributed by atoms with van der Waals surface area (Å²) in [4.78, 5) is 12.2. The monoisotopic (exact) mass is 904 g/mol. The summed E-state index contributed by atoms with van der Waals surface area (Å²) in [6, 6.07) is 53.2. The van der Waals surface area contributed by atoms with Crippen molar-refractivity contribution >= 4 is 68.1 Å². The first-order valence-corrected chi connectivity index (χ1v) is 23.3. The van der Waals surface area contributed by atoms with Crippen molar-refractivity contribution in [3.8, 4) is 22.6 Å². The average molecular weight is 903 g/mol. The van der Waals surface area contributed by atoms with Gasteiger partial charge in [-0.2, -0.15) is 0 Å². The fourth-order valence-corrected chi connectivity index (χ4v) is 11.0. The van der Waals surface area contributed by atoms with Crippen molar-refractivity contribution < 1.29 is 4.74 Å². The van der Waals surface area contributed by atoms with Gasteiger partial charge in [0.05, 0.1) is 0 Å². The van der Waals surface area contributed by atoms with E-state index in [1.54, 1.807) is 0 Å². The van der Waals surface area contributed by atoms with Crippen LogP contribution >= 0.6 is 0 Å². The van der Waals surface area contributed by atoms with Crippen LogP contribution in [0.4, 0.5) is 39.9 Å². The van der Waals surface area contributed by atoms with Crippen LogP contribution in [0.15, 0.2) is 152 Å². The predicted molar refractivity (Wildman–Crippen MR) is 254 cm³/mol. The topological polar surface area (TPSA) is 31.8 Å². The zero-order chi connectivity index (χ0) is 42.0. The Balaban J connectivity index is 1.08. The summed E-state index contributed by atoms with van der Waals surface area (Å²) < 4.78 is 9.59. The quantitative estimate of drug-likeness (QED) is 0.155. The number of ether oxygens (including phenoxy) is 1. The third kappa shape index (κ3) is 7.80. The molecule has 302 valence electrons. The molecule has 0 N–H and O–H groups in total. The van der Waals surface area contributed by atoms with E-state index in [1.165, 1.54) is 57.8 Å². The molecule has 7 aromatic rings. The van der Waals surface area contributed by atoms with Crippen molar-refractivity contribution in [2.75, 3.05) is 21.4 Å². The molecule has 0 radical (unpaired) electrons. The molecule has 60 heavy (non-hydrogen) atoms. The number of fused-ring (bicyclic) bond motifs is 3. The minimum absolute atomic E-state index is 0.00330. The van der Waals surface area contributed by atoms with Crippen molar-refractivity contribution in [1.29, 1.82) is 0 Å². The molecule has 6 aromatic carbocycles. The van der Waals surface area contributed by atoms with Gasteiger partial charge in [0.25, 0.3) is 0 Å². The minimum Gasteiger partial charge on any atom is -0.0345 e. The summed E-state index contributed by atoms with van der Waals surface area (Å²) in [5.74, 6) is 2.53. The molecule has 2 aliphatic rings. The van der Waals surface area contributed by atoms with Crippen LogP contribution in [0.3, 0.4) is 0 Å². The van der Waals surface area contributed by atoms with Crippen molar-refractivity contribution in [2.24, 2.45) is 0 Å². The Hall–Kier alpha value is -5.54. The molecule has 2 aliphatic heterocycles. The van der Waals surface area contributed by atoms with Crippen LogP contribution in [0.1, 0.15) is 79.0 Å². The van der Waals surface area contributed by atoms with Gasteiger partial charge in [0.1, 0.15) is 0 Å². The molecule has 0 amide bonds. The van der Waals surface area contributed by atoms with E-state index in [2.05, 4.69) is 223 Å². The molecular formula is C54H54N4OTe. The fraction of sp³-hybridized carbons (Fsp3) is 0.241. The van der Waals surface area contributed by atoms with E-state index in [9.17, 15) is 0 Å². The number of hydrogen-bond acceptors (Lipinski definition) is 5. The summed E-state index contributed by atoms with van der Waals surface area (Å²) in [7, 11) is 0. The van der Waals surface area contributed by atoms with E-state index < -0.39 is 20.9 Å². The van der Waals surface area contributed by atoms with Crippen LogP contribution in [0, 0.1) is 0 Å². The van der Waals surface area contributed by atoms with Crippen molar-refractivity contribution in [3.05, 3.63) is 168 Å². The Kier molecular flexibility index (Phi) is 10.1. The van der Waals surface area contributed by atoms with Gasteiger partial charge in [-0.05, 0) is 45.2 Å². The molecule has 3 heterocycles. The minimum atomic E-state index is -0.604. The molecule has 0 saturated carbocycles. The second-order valence-corrected chi connectivity index (χ2v) is 22.2. The molecule has 6 heteroatoms. The first kappa shape index (κ1) is 39.9. The van der Waals surface area contributed by atoms with Crippen molar-refractivity contribution in [1.82, 2.24) is 4.98 Å². The third-order valence-corrected chi connectivity index (χ3v) is 14.8. The first-order chi connectivity index (χ1) is 28.6. The number of para-hydroxylation sites is 1. The largest absolute Gasteiger partial charge is 0.0345 e. The number of benzene rings is 6. The van der Waals surface area contributed by atoms with Crippen LogP contribution in [0.2, 0.25) is 0 Å². The zero-order valence-electron chi connectivity index (χ0n) is 36.2. The van der Waals surface area contributed by atoms with Crippen LogP contribution in [0.5, 0.6) is 11.5 Å². The molecule has 0 spiro atoms. The van der Waals surface area contributed by atoms with Gasteiger partial charge >= 0.3 is 246 Å². The third-order valence-electron chi connectivity index (χ3n) is 11.6. The summed E-state index contributed by atoms with van der Waals surface area (Å²) in [6.45, 7) is 21.2. The number of hydrogen-bond donors (Lipinski definition) is 0. The van der Waals surface area contributed by atoms with Gasteiger partial charge in [0, 0.05) is 0 Å². The molecule has 0 atom stereocenters. The summed E-state index contributed by atoms with van der Waals surface area (Å²) in [6.07, 6.45) is 1.94. The normalized spacial score (nSPS) is 13.8. The first-order valence-electron chi connectivity index (χ1n) is 21.0. The SMILES string of the molecule is CC(C)(C)c1cc(-c2ccccc2)cc(N2CN(c3cccc(Oc4ccc5c(c4)N(c4cc(C(C)(C)C)ccn4)c4ccccc4[Te]5)c3)c3ccc(C(C)(C)C)cc32)c1. The van der Waals surface area contributed by atoms with Crippen molar-refractivity contribution in [3.63, 3.8) is 0 Å². The number of anilines is 7. The maximum absolute atomic E-state index is 6.80. The molecule has 0 unspecified atom stereocenters. The second kappa shape index (κ2) is 15.2. The van der Waals surface area contributed by atoms with Gasteiger partial charge in [-0.15, -0.1) is 0 Å². The van der Waals surface area contributed by atoms with E-state index in [1.807, 2.05) is 6.20 Å². The second-order valence-electron chi connectivity index (χ2n) is 19.1. The van der Waals surface area contributed by atoms with Gasteiger partial charge < -0.3 is 0 Å². The number of nitrogens with zero attached hydrogens (tertiary/aromatic N) is 4. The Bertz CT molecular complexity index is 2720. The average Bonchev–Trinajstić information content (AvgIpc) is 3.61. The van der Waals surface area contributed by atoms with Crippen molar-refractivity contribution in [2.45, 2.75) is 78.6 Å². The fourth-order valence-electron chi connectivity index (χ4n) is 8.07. The van der Waals surface area contributed by atoms with Gasteiger partial charge in [0.2, 0.25) is 0 Å². The predicted octanol–water partition coefficient (Wildman–Crippen LogP) is 13.1. The molecule has 5 nitrogen and oxygen atoms in total. The van der Waals surface area contributed by atoms with Gasteiger partial charge in [0.15, 0.2) is 0 Å². The van der Waals surface area contributed by atoms with E-state index in [0.717, 1.165) is 28.7 Å². The van der Waals surface area contributed by atoms with Gasteiger partial charge in [-0.1, -0.05) is 77.9 Å². The molecule has 0 aliphatic carbocycles. The Morgan fingerprint density at radius 3 is 1.92 bits per heavy atom. The van der Waals surface area contributed by atoms with Gasteiger partial charge in [-0.3, -0.25) is 0 Å². The van der Waals surface area contributed by atoms with Crippen LogP contribution < -0.4 is 26.7 Å². The van der Waals surface area contributed by atoms with E-state index in [4.69, 9.17) is 9.72 Å². The standard InChI is InChI=1S/C54H54N4OTe/c1-52(2,3)38-22-24-45-47(31-38)57(42-29-37(36-16-11-10-12-17-36)28-40(30-42)54(7,8)9)35-56(45)41-18-15-19-43(33-41)59-44-23-25-50-48(34-44)58(46-20-13-14-21-49(46)60-50)51-32-39(26-27-55-51)53(4,5)6/h10-34H,35H2,1-9H3. The molecule has 1 aromatic heterocycles. The van der Waals surface area contributed by atoms with Crippen LogP contribution in [-0.2, 0) is 16.2 Å². The molecule has 0 saturated heterocycles. The molecule has 0 bridgehead atoms. The number of pyridine rings is 1. The molecule has 9 rings (SSSR count). The molecule has 0 fully saturated rings. The number of aromatic nitrogens is 1. The Morgan fingerprint density at radius 1 is 0.467 bits per heavy atom. The maximum Gasteiger partial charge on any atom is -0.0345 e. The Labute approximate surface area is 366 Å². The summed E-state index contributed by atoms with van der Waals surface area (Å²) in [5, 5.41) is 0.